The van der Waals surface area contributed by atoms with Crippen LogP contribution in [-0.4, -0.2) is 57.9 Å². The molecule has 6 aliphatic rings. The zero-order valence-electron chi connectivity index (χ0n) is 16.3. The first-order valence-corrected chi connectivity index (χ1v) is 10.4. The van der Waals surface area contributed by atoms with Gasteiger partial charge >= 0.3 is 5.97 Å². The highest BCUT2D eigenvalue weighted by Crippen LogP contribution is 2.79. The highest BCUT2D eigenvalue weighted by atomic mass is 16.7. The van der Waals surface area contributed by atoms with Crippen LogP contribution in [0, 0.1) is 23.2 Å². The minimum absolute atomic E-state index is 0.0842. The van der Waals surface area contributed by atoms with Gasteiger partial charge in [-0.25, -0.2) is 4.79 Å². The molecule has 2 saturated heterocycles. The van der Waals surface area contributed by atoms with Gasteiger partial charge in [0.1, 0.15) is 17.8 Å². The lowest BCUT2D eigenvalue weighted by Gasteiger charge is -2.55. The molecule has 6 nitrogen and oxygen atoms in total. The minimum atomic E-state index is -0.733. The Morgan fingerprint density at radius 2 is 1.96 bits per heavy atom. The third kappa shape index (κ3) is 1.54. The van der Waals surface area contributed by atoms with Gasteiger partial charge in [-0.2, -0.15) is 0 Å². The molecule has 0 aromatic rings. The van der Waals surface area contributed by atoms with Crippen LogP contribution in [0.25, 0.3) is 0 Å². The number of carbonyl (C=O) groups is 1. The smallest absolute Gasteiger partial charge is 0.334 e. The molecule has 3 aliphatic heterocycles. The molecule has 0 amide bonds. The van der Waals surface area contributed by atoms with Gasteiger partial charge in [-0.05, 0) is 43.6 Å². The van der Waals surface area contributed by atoms with E-state index in [1.807, 2.05) is 20.8 Å². The van der Waals surface area contributed by atoms with Gasteiger partial charge in [0.25, 0.3) is 0 Å². The van der Waals surface area contributed by atoms with Crippen molar-refractivity contribution >= 4 is 5.97 Å². The Bertz CT molecular complexity index is 790. The van der Waals surface area contributed by atoms with Crippen molar-refractivity contribution in [2.45, 2.75) is 88.7 Å². The van der Waals surface area contributed by atoms with Gasteiger partial charge in [-0.1, -0.05) is 20.8 Å². The second-order valence-corrected chi connectivity index (χ2v) is 10.1. The summed E-state index contributed by atoms with van der Waals surface area (Å²) in [6.45, 7) is 8.24. The van der Waals surface area contributed by atoms with Gasteiger partial charge in [0, 0.05) is 16.9 Å². The van der Waals surface area contributed by atoms with E-state index < -0.39 is 23.4 Å². The number of fused-ring (bicyclic) bond motifs is 2. The van der Waals surface area contributed by atoms with Crippen molar-refractivity contribution in [3.05, 3.63) is 11.1 Å². The minimum Gasteiger partial charge on any atom is -0.455 e. The van der Waals surface area contributed by atoms with E-state index in [-0.39, 0.29) is 47.4 Å². The lowest BCUT2D eigenvalue weighted by atomic mass is 9.46. The van der Waals surface area contributed by atoms with Crippen LogP contribution in [0.15, 0.2) is 11.1 Å². The summed E-state index contributed by atoms with van der Waals surface area (Å²) in [5.41, 5.74) is 0.291. The van der Waals surface area contributed by atoms with E-state index in [0.29, 0.717) is 6.42 Å². The quantitative estimate of drug-likeness (QED) is 0.530. The molecule has 2 saturated carbocycles. The summed E-state index contributed by atoms with van der Waals surface area (Å²) >= 11 is 0. The number of carbonyl (C=O) groups excluding carboxylic acids is 1. The summed E-state index contributed by atoms with van der Waals surface area (Å²) in [7, 11) is 0. The van der Waals surface area contributed by atoms with Gasteiger partial charge in [-0.3, -0.25) is 0 Å². The van der Waals surface area contributed by atoms with Crippen molar-refractivity contribution in [2.75, 3.05) is 0 Å². The molecule has 0 aromatic carbocycles. The first-order valence-electron chi connectivity index (χ1n) is 10.4. The Hall–Kier alpha value is -0.950. The summed E-state index contributed by atoms with van der Waals surface area (Å²) in [5.74, 6) is -0.154. The van der Waals surface area contributed by atoms with Crippen LogP contribution in [0.2, 0.25) is 0 Å². The van der Waals surface area contributed by atoms with Gasteiger partial charge < -0.3 is 24.4 Å². The molecule has 0 bridgehead atoms. The molecule has 27 heavy (non-hydrogen) atoms. The Morgan fingerprint density at radius 3 is 2.67 bits per heavy atom. The lowest BCUT2D eigenvalue weighted by Crippen LogP contribution is -2.69. The van der Waals surface area contributed by atoms with Crippen LogP contribution in [-0.2, 0) is 19.0 Å². The monoisotopic (exact) mass is 376 g/mol. The van der Waals surface area contributed by atoms with Crippen molar-refractivity contribution in [1.82, 2.24) is 0 Å². The molecule has 6 heteroatoms. The SMILES string of the molecule is CC1OC(=O)C2=C1[C@@H]1C[C@@H]3O[C@@]34[C@H](O)C(C(C)C)[C@@H](O)[C@@H]3O[C@@]34[C@@]1(C)CC2. The fraction of sp³-hybridized carbons (Fsp3) is 0.857. The van der Waals surface area contributed by atoms with Gasteiger partial charge in [0.15, 0.2) is 5.60 Å². The molecule has 3 aliphatic carbocycles. The fourth-order valence-corrected chi connectivity index (χ4v) is 7.71. The number of aliphatic hydroxyl groups is 2. The van der Waals surface area contributed by atoms with Crippen LogP contribution >= 0.6 is 0 Å². The number of hydrogen-bond donors (Lipinski definition) is 2. The molecule has 2 N–H and O–H groups in total. The predicted octanol–water partition coefficient (Wildman–Crippen LogP) is 1.33. The summed E-state index contributed by atoms with van der Waals surface area (Å²) < 4.78 is 18.2. The first kappa shape index (κ1) is 17.0. The van der Waals surface area contributed by atoms with Crippen molar-refractivity contribution < 1.29 is 29.2 Å². The topological polar surface area (TPSA) is 91.8 Å². The van der Waals surface area contributed by atoms with Crippen molar-refractivity contribution in [3.63, 3.8) is 0 Å². The predicted molar refractivity (Wildman–Crippen MR) is 93.6 cm³/mol. The molecule has 0 radical (unpaired) electrons. The zero-order chi connectivity index (χ0) is 19.1. The Morgan fingerprint density at radius 1 is 1.22 bits per heavy atom. The molecule has 3 heterocycles. The number of hydrogen-bond acceptors (Lipinski definition) is 6. The maximum absolute atomic E-state index is 12.3. The lowest BCUT2D eigenvalue weighted by molar-refractivity contribution is -0.139. The molecular weight excluding hydrogens is 348 g/mol. The third-order valence-electron chi connectivity index (χ3n) is 8.93. The van der Waals surface area contributed by atoms with Crippen LogP contribution < -0.4 is 0 Å². The zero-order valence-corrected chi connectivity index (χ0v) is 16.3. The number of aliphatic hydroxyl groups excluding tert-OH is 2. The van der Waals surface area contributed by atoms with Crippen LogP contribution in [0.1, 0.15) is 47.0 Å². The van der Waals surface area contributed by atoms with E-state index >= 15 is 0 Å². The summed E-state index contributed by atoms with van der Waals surface area (Å²) in [5, 5.41) is 22.4. The van der Waals surface area contributed by atoms with E-state index in [9.17, 15) is 15.0 Å². The standard InChI is InChI=1S/C21H28O6/c1-8(2)13-15(22)17-21(27-17)19(4)6-5-10-14(9(3)25-18(10)24)11(19)7-12-20(21,26-12)16(13)23/h8-9,11-13,15-17,22-23H,5-7H2,1-4H3/t9?,11-,12-,13?,15+,16+,17-,19-,20+,21+/m0/s1. The number of esters is 1. The van der Waals surface area contributed by atoms with E-state index in [1.54, 1.807) is 0 Å². The summed E-state index contributed by atoms with van der Waals surface area (Å²) in [6, 6.07) is 0. The number of cyclic esters (lactones) is 1. The maximum atomic E-state index is 12.3. The van der Waals surface area contributed by atoms with Crippen LogP contribution in [0.5, 0.6) is 0 Å². The van der Waals surface area contributed by atoms with Crippen LogP contribution in [0.4, 0.5) is 0 Å². The molecular formula is C21H28O6. The van der Waals surface area contributed by atoms with Crippen LogP contribution in [0.3, 0.4) is 0 Å². The van der Waals surface area contributed by atoms with Crippen molar-refractivity contribution in [2.24, 2.45) is 23.2 Å². The molecule has 148 valence electrons. The molecule has 6 rings (SSSR count). The molecule has 0 aromatic heterocycles. The second-order valence-electron chi connectivity index (χ2n) is 10.1. The summed E-state index contributed by atoms with van der Waals surface area (Å²) in [4.78, 5) is 12.3. The van der Waals surface area contributed by atoms with Crippen molar-refractivity contribution in [3.8, 4) is 0 Å². The number of rotatable bonds is 1. The Labute approximate surface area is 158 Å². The van der Waals surface area contributed by atoms with Gasteiger partial charge in [-0.15, -0.1) is 0 Å². The van der Waals surface area contributed by atoms with Gasteiger partial charge in [0.05, 0.1) is 18.3 Å². The molecule has 4 fully saturated rings. The first-order chi connectivity index (χ1) is 12.7. The second kappa shape index (κ2) is 4.61. The maximum Gasteiger partial charge on any atom is 0.334 e. The largest absolute Gasteiger partial charge is 0.455 e. The van der Waals surface area contributed by atoms with E-state index in [1.165, 1.54) is 0 Å². The highest BCUT2D eigenvalue weighted by molar-refractivity contribution is 5.92. The molecule has 10 atom stereocenters. The van der Waals surface area contributed by atoms with E-state index in [2.05, 4.69) is 6.92 Å². The highest BCUT2D eigenvalue weighted by Gasteiger charge is 2.94. The number of ether oxygens (including phenoxy) is 3. The average Bonchev–Trinajstić information content (AvgIpc) is 3.46. The van der Waals surface area contributed by atoms with E-state index in [4.69, 9.17) is 14.2 Å². The summed E-state index contributed by atoms with van der Waals surface area (Å²) in [6.07, 6.45) is 0.220. The van der Waals surface area contributed by atoms with Crippen molar-refractivity contribution in [1.29, 1.82) is 0 Å². The normalized spacial score (nSPS) is 60.1. The molecule has 2 spiro atoms. The Balaban J connectivity index is 1.49. The number of epoxide rings is 2. The third-order valence-corrected chi connectivity index (χ3v) is 8.93. The fourth-order valence-electron chi connectivity index (χ4n) is 7.71. The Kier molecular flexibility index (Phi) is 2.90. The van der Waals surface area contributed by atoms with E-state index in [0.717, 1.165) is 24.0 Å². The average molecular weight is 376 g/mol. The van der Waals surface area contributed by atoms with Gasteiger partial charge in [0.2, 0.25) is 0 Å². The molecule has 2 unspecified atom stereocenters.